The summed E-state index contributed by atoms with van der Waals surface area (Å²) >= 11 is 0. The number of rotatable bonds is 5. The largest absolute Gasteiger partial charge is 0.352 e. The zero-order valence-corrected chi connectivity index (χ0v) is 14.1. The first kappa shape index (κ1) is 16.4. The van der Waals surface area contributed by atoms with Crippen LogP contribution in [0.3, 0.4) is 0 Å². The summed E-state index contributed by atoms with van der Waals surface area (Å²) in [6, 6.07) is 9.67. The van der Waals surface area contributed by atoms with Gasteiger partial charge in [0.1, 0.15) is 6.04 Å². The van der Waals surface area contributed by atoms with E-state index >= 15 is 0 Å². The number of carbonyl (C=O) groups is 1. The van der Waals surface area contributed by atoms with E-state index in [1.807, 2.05) is 30.3 Å². The molecule has 1 heterocycles. The minimum atomic E-state index is -3.16. The number of sulfonamides is 1. The molecule has 1 saturated heterocycles. The van der Waals surface area contributed by atoms with Gasteiger partial charge in [0.25, 0.3) is 0 Å². The molecule has 2 fully saturated rings. The highest BCUT2D eigenvalue weighted by molar-refractivity contribution is 7.88. The van der Waals surface area contributed by atoms with Gasteiger partial charge in [-0.05, 0) is 18.4 Å². The highest BCUT2D eigenvalue weighted by Crippen LogP contribution is 2.26. The van der Waals surface area contributed by atoms with Crippen LogP contribution in [0.2, 0.25) is 0 Å². The number of benzene rings is 1. The van der Waals surface area contributed by atoms with Crippen molar-refractivity contribution in [3.8, 4) is 0 Å². The molecule has 1 atom stereocenters. The summed E-state index contributed by atoms with van der Waals surface area (Å²) in [6.07, 6.45) is 3.33. The number of hydrogen-bond donors (Lipinski definition) is 1. The van der Waals surface area contributed by atoms with Gasteiger partial charge in [-0.2, -0.15) is 4.31 Å². The first-order valence-electron chi connectivity index (χ1n) is 7.99. The lowest BCUT2D eigenvalue weighted by atomic mass is 10.0. The minimum absolute atomic E-state index is 0.0199. The fourth-order valence-electron chi connectivity index (χ4n) is 2.96. The van der Waals surface area contributed by atoms with Crippen molar-refractivity contribution in [1.82, 2.24) is 14.5 Å². The van der Waals surface area contributed by atoms with E-state index in [0.29, 0.717) is 32.2 Å². The molecule has 0 unspecified atom stereocenters. The highest BCUT2D eigenvalue weighted by atomic mass is 32.2. The van der Waals surface area contributed by atoms with E-state index in [9.17, 15) is 13.2 Å². The number of piperazine rings is 1. The second kappa shape index (κ2) is 6.59. The quantitative estimate of drug-likeness (QED) is 0.853. The molecular formula is C16H23N3O3S. The Labute approximate surface area is 137 Å². The van der Waals surface area contributed by atoms with Gasteiger partial charge >= 0.3 is 0 Å². The van der Waals surface area contributed by atoms with Gasteiger partial charge in [0, 0.05) is 32.2 Å². The second-order valence-electron chi connectivity index (χ2n) is 6.29. The molecule has 6 nitrogen and oxygen atoms in total. The van der Waals surface area contributed by atoms with Crippen molar-refractivity contribution in [1.29, 1.82) is 0 Å². The van der Waals surface area contributed by atoms with Crippen molar-refractivity contribution in [2.24, 2.45) is 0 Å². The highest BCUT2D eigenvalue weighted by Gasteiger charge is 2.34. The smallest absolute Gasteiger partial charge is 0.242 e. The monoisotopic (exact) mass is 337 g/mol. The maximum atomic E-state index is 12.7. The van der Waals surface area contributed by atoms with E-state index in [1.54, 1.807) is 0 Å². The average molecular weight is 337 g/mol. The molecule has 1 N–H and O–H groups in total. The first-order valence-corrected chi connectivity index (χ1v) is 9.84. The van der Waals surface area contributed by atoms with Gasteiger partial charge in [0.2, 0.25) is 15.9 Å². The van der Waals surface area contributed by atoms with E-state index in [4.69, 9.17) is 0 Å². The summed E-state index contributed by atoms with van der Waals surface area (Å²) in [7, 11) is -3.16. The van der Waals surface area contributed by atoms with Gasteiger partial charge in [-0.25, -0.2) is 8.42 Å². The Bertz CT molecular complexity index is 650. The van der Waals surface area contributed by atoms with Gasteiger partial charge in [-0.1, -0.05) is 30.3 Å². The summed E-state index contributed by atoms with van der Waals surface area (Å²) in [5, 5.41) is 3.08. The third-order valence-electron chi connectivity index (χ3n) is 4.39. The number of hydrogen-bond acceptors (Lipinski definition) is 4. The lowest BCUT2D eigenvalue weighted by Crippen LogP contribution is -2.52. The fourth-order valence-corrected chi connectivity index (χ4v) is 3.79. The molecule has 1 aliphatic carbocycles. The predicted octanol–water partition coefficient (Wildman–Crippen LogP) is 0.584. The van der Waals surface area contributed by atoms with Crippen molar-refractivity contribution in [3.63, 3.8) is 0 Å². The Balaban J connectivity index is 1.75. The maximum absolute atomic E-state index is 12.7. The number of nitrogens with zero attached hydrogens (tertiary/aromatic N) is 2. The van der Waals surface area contributed by atoms with E-state index in [1.165, 1.54) is 10.6 Å². The van der Waals surface area contributed by atoms with Crippen LogP contribution in [-0.4, -0.2) is 62.0 Å². The zero-order valence-electron chi connectivity index (χ0n) is 13.3. The van der Waals surface area contributed by atoms with Crippen LogP contribution in [0.25, 0.3) is 0 Å². The molecule has 0 radical (unpaired) electrons. The third kappa shape index (κ3) is 4.10. The normalized spacial score (nSPS) is 21.8. The van der Waals surface area contributed by atoms with E-state index < -0.39 is 10.0 Å². The summed E-state index contributed by atoms with van der Waals surface area (Å²) in [5.41, 5.74) is 0.957. The first-order chi connectivity index (χ1) is 10.9. The van der Waals surface area contributed by atoms with E-state index in [0.717, 1.165) is 18.4 Å². The molecule has 1 aromatic rings. The summed E-state index contributed by atoms with van der Waals surface area (Å²) < 4.78 is 24.8. The molecule has 0 aromatic heterocycles. The number of carbonyl (C=O) groups excluding carboxylic acids is 1. The lowest BCUT2D eigenvalue weighted by molar-refractivity contribution is -0.127. The molecule has 1 aliphatic heterocycles. The fraction of sp³-hybridized carbons (Fsp3) is 0.562. The Morgan fingerprint density at radius 3 is 2.26 bits per heavy atom. The Morgan fingerprint density at radius 1 is 1.13 bits per heavy atom. The summed E-state index contributed by atoms with van der Waals surface area (Å²) in [4.78, 5) is 14.8. The molecule has 1 amide bonds. The minimum Gasteiger partial charge on any atom is -0.352 e. The van der Waals surface area contributed by atoms with Crippen LogP contribution in [-0.2, 0) is 14.8 Å². The summed E-state index contributed by atoms with van der Waals surface area (Å²) in [6.45, 7) is 1.98. The van der Waals surface area contributed by atoms with Crippen molar-refractivity contribution < 1.29 is 13.2 Å². The standard InChI is InChI=1S/C16H23N3O3S/c1-23(21,22)19-11-9-18(10-12-19)15(13-5-3-2-4-6-13)16(20)17-14-7-8-14/h2-6,14-15H,7-12H2,1H3,(H,17,20)/t15-/m1/s1. The van der Waals surface area contributed by atoms with Crippen molar-refractivity contribution in [2.75, 3.05) is 32.4 Å². The topological polar surface area (TPSA) is 69.7 Å². The molecule has 1 aromatic carbocycles. The second-order valence-corrected chi connectivity index (χ2v) is 8.28. The molecule has 3 rings (SSSR count). The zero-order chi connectivity index (χ0) is 16.4. The molecule has 0 bridgehead atoms. The van der Waals surface area contributed by atoms with Crippen LogP contribution in [0, 0.1) is 0 Å². The molecule has 1 saturated carbocycles. The van der Waals surface area contributed by atoms with Crippen molar-refractivity contribution >= 4 is 15.9 Å². The Kier molecular flexibility index (Phi) is 4.70. The van der Waals surface area contributed by atoms with Gasteiger partial charge in [-0.15, -0.1) is 0 Å². The number of nitrogens with one attached hydrogen (secondary N) is 1. The molecule has 7 heteroatoms. The molecule has 2 aliphatic rings. The molecule has 126 valence electrons. The van der Waals surface area contributed by atoms with Crippen molar-refractivity contribution in [3.05, 3.63) is 35.9 Å². The Morgan fingerprint density at radius 2 is 1.74 bits per heavy atom. The van der Waals surface area contributed by atoms with Crippen LogP contribution < -0.4 is 5.32 Å². The van der Waals surface area contributed by atoms with Crippen LogP contribution >= 0.6 is 0 Å². The van der Waals surface area contributed by atoms with E-state index in [-0.39, 0.29) is 11.9 Å². The van der Waals surface area contributed by atoms with Gasteiger partial charge in [-0.3, -0.25) is 9.69 Å². The van der Waals surface area contributed by atoms with Gasteiger partial charge < -0.3 is 5.32 Å². The van der Waals surface area contributed by atoms with Gasteiger partial charge in [0.05, 0.1) is 6.26 Å². The molecule has 0 spiro atoms. The lowest BCUT2D eigenvalue weighted by Gasteiger charge is -2.37. The third-order valence-corrected chi connectivity index (χ3v) is 5.70. The van der Waals surface area contributed by atoms with Gasteiger partial charge in [0.15, 0.2) is 0 Å². The van der Waals surface area contributed by atoms with E-state index in [2.05, 4.69) is 10.2 Å². The van der Waals surface area contributed by atoms with Crippen LogP contribution in [0.5, 0.6) is 0 Å². The maximum Gasteiger partial charge on any atom is 0.242 e. The average Bonchev–Trinajstić information content (AvgIpc) is 3.32. The molecule has 23 heavy (non-hydrogen) atoms. The van der Waals surface area contributed by atoms with Crippen LogP contribution in [0.4, 0.5) is 0 Å². The SMILES string of the molecule is CS(=O)(=O)N1CCN([C@@H](C(=O)NC2CC2)c2ccccc2)CC1. The van der Waals surface area contributed by atoms with Crippen LogP contribution in [0.1, 0.15) is 24.4 Å². The predicted molar refractivity (Wildman–Crippen MR) is 88.3 cm³/mol. The van der Waals surface area contributed by atoms with Crippen molar-refractivity contribution in [2.45, 2.75) is 24.9 Å². The summed E-state index contributed by atoms with van der Waals surface area (Å²) in [5.74, 6) is 0.0199. The Hall–Kier alpha value is -1.44. The van der Waals surface area contributed by atoms with Crippen LogP contribution in [0.15, 0.2) is 30.3 Å². The molecular weight excluding hydrogens is 314 g/mol. The number of amides is 1.